The van der Waals surface area contributed by atoms with Crippen LogP contribution in [0.1, 0.15) is 32.3 Å². The van der Waals surface area contributed by atoms with Gasteiger partial charge in [0.25, 0.3) is 0 Å². The van der Waals surface area contributed by atoms with E-state index >= 15 is 0 Å². The van der Waals surface area contributed by atoms with Crippen LogP contribution in [0.15, 0.2) is 24.3 Å². The van der Waals surface area contributed by atoms with E-state index in [1.54, 1.807) is 7.11 Å². The van der Waals surface area contributed by atoms with E-state index in [0.717, 1.165) is 18.4 Å². The molecule has 0 saturated carbocycles. The van der Waals surface area contributed by atoms with Crippen molar-refractivity contribution in [3.8, 4) is 0 Å². The molecule has 0 heterocycles. The molecule has 1 N–H and O–H groups in total. The van der Waals surface area contributed by atoms with Crippen LogP contribution < -0.4 is 0 Å². The number of halogens is 1. The number of aliphatic hydroxyl groups is 1. The van der Waals surface area contributed by atoms with Gasteiger partial charge in [-0.2, -0.15) is 0 Å². The zero-order chi connectivity index (χ0) is 12.9. The number of rotatable bonds is 6. The minimum Gasteiger partial charge on any atom is -0.390 e. The lowest BCUT2D eigenvalue weighted by atomic mass is 9.86. The summed E-state index contributed by atoms with van der Waals surface area (Å²) in [5, 5.41) is 11.0. The molecule has 1 unspecified atom stereocenters. The highest BCUT2D eigenvalue weighted by molar-refractivity contribution is 6.30. The number of hydrogen-bond donors (Lipinski definition) is 1. The molecule has 17 heavy (non-hydrogen) atoms. The lowest BCUT2D eigenvalue weighted by molar-refractivity contribution is -0.106. The lowest BCUT2D eigenvalue weighted by Crippen LogP contribution is -2.44. The van der Waals surface area contributed by atoms with E-state index in [2.05, 4.69) is 0 Å². The quantitative estimate of drug-likeness (QED) is 0.845. The fraction of sp³-hybridized carbons (Fsp3) is 0.571. The average molecular weight is 257 g/mol. The Hall–Kier alpha value is -0.570. The van der Waals surface area contributed by atoms with Crippen molar-refractivity contribution in [2.75, 3.05) is 7.11 Å². The van der Waals surface area contributed by atoms with E-state index in [0.29, 0.717) is 11.4 Å². The predicted molar refractivity (Wildman–Crippen MR) is 71.5 cm³/mol. The van der Waals surface area contributed by atoms with Gasteiger partial charge in [0.15, 0.2) is 0 Å². The molecule has 0 aromatic heterocycles. The molecular weight excluding hydrogens is 236 g/mol. The number of hydrogen-bond acceptors (Lipinski definition) is 2. The molecule has 96 valence electrons. The number of benzene rings is 1. The first-order valence-electron chi connectivity index (χ1n) is 6.05. The van der Waals surface area contributed by atoms with Crippen LogP contribution in [0.2, 0.25) is 5.02 Å². The molecule has 0 saturated heterocycles. The molecule has 3 heteroatoms. The van der Waals surface area contributed by atoms with Gasteiger partial charge in [0, 0.05) is 18.6 Å². The zero-order valence-electron chi connectivity index (χ0n) is 10.7. The fourth-order valence-corrected chi connectivity index (χ4v) is 2.43. The van der Waals surface area contributed by atoms with Gasteiger partial charge in [0.05, 0.1) is 11.7 Å². The van der Waals surface area contributed by atoms with Crippen LogP contribution in [0, 0.1) is 0 Å². The van der Waals surface area contributed by atoms with Crippen LogP contribution in [0.25, 0.3) is 0 Å². The molecule has 0 amide bonds. The molecule has 0 radical (unpaired) electrons. The minimum absolute atomic E-state index is 0.456. The molecule has 1 atom stereocenters. The molecule has 0 aliphatic rings. The molecule has 0 spiro atoms. The van der Waals surface area contributed by atoms with E-state index in [1.165, 1.54) is 0 Å². The van der Waals surface area contributed by atoms with Gasteiger partial charge < -0.3 is 9.84 Å². The Kier molecular flexibility index (Phi) is 5.44. The first-order valence-corrected chi connectivity index (χ1v) is 6.43. The fourth-order valence-electron chi connectivity index (χ4n) is 2.22. The van der Waals surface area contributed by atoms with E-state index < -0.39 is 11.7 Å². The summed E-state index contributed by atoms with van der Waals surface area (Å²) in [7, 11) is 1.66. The maximum absolute atomic E-state index is 10.3. The van der Waals surface area contributed by atoms with Gasteiger partial charge in [0.2, 0.25) is 0 Å². The minimum atomic E-state index is -0.513. The standard InChI is InChI=1S/C14H21ClO2/c1-4-14(5-2,17-3)13(16)10-11-7-6-8-12(15)9-11/h6-9,13,16H,4-5,10H2,1-3H3. The largest absolute Gasteiger partial charge is 0.390 e. The molecule has 2 nitrogen and oxygen atoms in total. The van der Waals surface area contributed by atoms with Crippen molar-refractivity contribution in [1.29, 1.82) is 0 Å². The van der Waals surface area contributed by atoms with E-state index in [1.807, 2.05) is 38.1 Å². The highest BCUT2D eigenvalue weighted by Crippen LogP contribution is 2.27. The molecular formula is C14H21ClO2. The Balaban J connectivity index is 2.80. The molecule has 0 aliphatic heterocycles. The second-order valence-corrected chi connectivity index (χ2v) is 4.76. The highest BCUT2D eigenvalue weighted by atomic mass is 35.5. The Morgan fingerprint density at radius 1 is 1.35 bits per heavy atom. The van der Waals surface area contributed by atoms with Crippen LogP contribution in [-0.2, 0) is 11.2 Å². The SMILES string of the molecule is CCC(CC)(OC)C(O)Cc1cccc(Cl)c1. The first kappa shape index (κ1) is 14.5. The molecule has 1 aromatic carbocycles. The second kappa shape index (κ2) is 6.39. The summed E-state index contributed by atoms with van der Waals surface area (Å²) >= 11 is 5.93. The normalized spacial score (nSPS) is 13.7. The van der Waals surface area contributed by atoms with Crippen molar-refractivity contribution in [3.63, 3.8) is 0 Å². The van der Waals surface area contributed by atoms with Gasteiger partial charge >= 0.3 is 0 Å². The third kappa shape index (κ3) is 3.44. The van der Waals surface area contributed by atoms with E-state index in [4.69, 9.17) is 16.3 Å². The summed E-state index contributed by atoms with van der Waals surface area (Å²) in [6.45, 7) is 4.07. The van der Waals surface area contributed by atoms with Crippen molar-refractivity contribution in [2.45, 2.75) is 44.8 Å². The summed E-state index contributed by atoms with van der Waals surface area (Å²) in [6.07, 6.45) is 1.64. The number of aliphatic hydroxyl groups excluding tert-OH is 1. The summed E-state index contributed by atoms with van der Waals surface area (Å²) in [5.74, 6) is 0. The van der Waals surface area contributed by atoms with Gasteiger partial charge in [-0.15, -0.1) is 0 Å². The molecule has 1 aromatic rings. The summed E-state index contributed by atoms with van der Waals surface area (Å²) in [4.78, 5) is 0. The summed E-state index contributed by atoms with van der Waals surface area (Å²) < 4.78 is 5.52. The van der Waals surface area contributed by atoms with Gasteiger partial charge in [-0.05, 0) is 30.5 Å². The maximum Gasteiger partial charge on any atom is 0.0934 e. The van der Waals surface area contributed by atoms with Gasteiger partial charge in [-0.25, -0.2) is 0 Å². The zero-order valence-corrected chi connectivity index (χ0v) is 11.5. The Morgan fingerprint density at radius 3 is 2.47 bits per heavy atom. The molecule has 1 rings (SSSR count). The third-order valence-corrected chi connectivity index (χ3v) is 3.76. The number of ether oxygens (including phenoxy) is 1. The molecule has 0 fully saturated rings. The Bertz CT molecular complexity index is 340. The van der Waals surface area contributed by atoms with Gasteiger partial charge in [-0.1, -0.05) is 37.6 Å². The van der Waals surface area contributed by atoms with Gasteiger partial charge in [0.1, 0.15) is 0 Å². The topological polar surface area (TPSA) is 29.5 Å². The monoisotopic (exact) mass is 256 g/mol. The van der Waals surface area contributed by atoms with Gasteiger partial charge in [-0.3, -0.25) is 0 Å². The Morgan fingerprint density at radius 2 is 2.00 bits per heavy atom. The van der Waals surface area contributed by atoms with Crippen molar-refractivity contribution in [2.24, 2.45) is 0 Å². The smallest absolute Gasteiger partial charge is 0.0934 e. The van der Waals surface area contributed by atoms with Crippen molar-refractivity contribution in [3.05, 3.63) is 34.9 Å². The van der Waals surface area contributed by atoms with Crippen LogP contribution in [0.3, 0.4) is 0 Å². The lowest BCUT2D eigenvalue weighted by Gasteiger charge is -2.35. The summed E-state index contributed by atoms with van der Waals surface area (Å²) in [5.41, 5.74) is 0.579. The van der Waals surface area contributed by atoms with Crippen LogP contribution in [0.5, 0.6) is 0 Å². The maximum atomic E-state index is 10.3. The second-order valence-electron chi connectivity index (χ2n) is 4.33. The van der Waals surface area contributed by atoms with E-state index in [-0.39, 0.29) is 0 Å². The highest BCUT2D eigenvalue weighted by Gasteiger charge is 2.34. The van der Waals surface area contributed by atoms with Crippen molar-refractivity contribution < 1.29 is 9.84 Å². The van der Waals surface area contributed by atoms with Crippen LogP contribution in [0.4, 0.5) is 0 Å². The number of methoxy groups -OCH3 is 1. The third-order valence-electron chi connectivity index (χ3n) is 3.53. The van der Waals surface area contributed by atoms with Crippen molar-refractivity contribution >= 4 is 11.6 Å². The molecule has 0 bridgehead atoms. The Labute approximate surface area is 109 Å². The van der Waals surface area contributed by atoms with E-state index in [9.17, 15) is 5.11 Å². The predicted octanol–water partition coefficient (Wildman–Crippen LogP) is 3.45. The van der Waals surface area contributed by atoms with Crippen LogP contribution >= 0.6 is 11.6 Å². The summed E-state index contributed by atoms with van der Waals surface area (Å²) in [6, 6.07) is 7.59. The van der Waals surface area contributed by atoms with Crippen molar-refractivity contribution in [1.82, 2.24) is 0 Å². The first-order chi connectivity index (χ1) is 8.07. The average Bonchev–Trinajstić information content (AvgIpc) is 2.32. The van der Waals surface area contributed by atoms with Crippen LogP contribution in [-0.4, -0.2) is 23.9 Å². The molecule has 0 aliphatic carbocycles.